The number of thiophene rings is 1. The first kappa shape index (κ1) is 14.5. The molecule has 8 heteroatoms. The van der Waals surface area contributed by atoms with Crippen molar-refractivity contribution in [3.05, 3.63) is 44.7 Å². The monoisotopic (exact) mass is 379 g/mol. The zero-order valence-corrected chi connectivity index (χ0v) is 13.2. The molecule has 0 radical (unpaired) electrons. The number of carbonyl (C=O) groups excluding carboxylic acids is 1. The van der Waals surface area contributed by atoms with Gasteiger partial charge in [-0.3, -0.25) is 9.52 Å². The van der Waals surface area contributed by atoms with E-state index in [0.29, 0.717) is 26.3 Å². The van der Waals surface area contributed by atoms with E-state index in [2.05, 4.69) is 20.7 Å². The highest BCUT2D eigenvalue weighted by atomic mass is 79.9. The summed E-state index contributed by atoms with van der Waals surface area (Å²) >= 11 is 10.0. The van der Waals surface area contributed by atoms with Crippen LogP contribution in [0.15, 0.2) is 38.3 Å². The maximum absolute atomic E-state index is 12.1. The molecule has 100 valence electrons. The number of carbonyl (C=O) groups is 1. The quantitative estimate of drug-likeness (QED) is 0.821. The molecule has 0 saturated carbocycles. The number of nitrogens with one attached hydrogen (secondary N) is 1. The zero-order chi connectivity index (χ0) is 14.0. The van der Waals surface area contributed by atoms with E-state index in [0.717, 1.165) is 11.3 Å². The van der Waals surface area contributed by atoms with Crippen molar-refractivity contribution in [2.24, 2.45) is 0 Å². The molecule has 0 spiro atoms. The third-order valence-electron chi connectivity index (χ3n) is 2.19. The van der Waals surface area contributed by atoms with E-state index >= 15 is 0 Å². The van der Waals surface area contributed by atoms with Gasteiger partial charge in [0.25, 0.3) is 10.0 Å². The number of hydrogen-bond acceptors (Lipinski definition) is 4. The molecule has 0 aliphatic carbocycles. The largest absolute Gasteiger partial charge is 0.298 e. The second-order valence-electron chi connectivity index (χ2n) is 3.53. The van der Waals surface area contributed by atoms with Crippen LogP contribution >= 0.6 is 38.9 Å². The Morgan fingerprint density at radius 2 is 1.89 bits per heavy atom. The van der Waals surface area contributed by atoms with Gasteiger partial charge in [0.15, 0.2) is 0 Å². The lowest BCUT2D eigenvalue weighted by atomic mass is 10.2. The fourth-order valence-corrected chi connectivity index (χ4v) is 4.75. The van der Waals surface area contributed by atoms with Crippen molar-refractivity contribution in [3.8, 4) is 0 Å². The fourth-order valence-electron chi connectivity index (χ4n) is 1.29. The summed E-state index contributed by atoms with van der Waals surface area (Å²) in [5.41, 5.74) is 0.858. The van der Waals surface area contributed by atoms with E-state index < -0.39 is 10.0 Å². The van der Waals surface area contributed by atoms with Crippen LogP contribution < -0.4 is 4.72 Å². The average molecular weight is 381 g/mol. The highest BCUT2D eigenvalue weighted by Gasteiger charge is 2.19. The van der Waals surface area contributed by atoms with E-state index in [4.69, 9.17) is 11.6 Å². The molecule has 0 saturated heterocycles. The Bertz CT molecular complexity index is 691. The van der Waals surface area contributed by atoms with Gasteiger partial charge in [0, 0.05) is 11.3 Å². The summed E-state index contributed by atoms with van der Waals surface area (Å²) in [4.78, 5) is 10.5. The van der Waals surface area contributed by atoms with Crippen LogP contribution in [0.2, 0.25) is 5.02 Å². The van der Waals surface area contributed by atoms with Crippen LogP contribution in [-0.2, 0) is 10.0 Å². The Hall–Kier alpha value is -0.890. The molecule has 1 N–H and O–H groups in total. The lowest BCUT2D eigenvalue weighted by Crippen LogP contribution is -2.11. The van der Waals surface area contributed by atoms with Crippen molar-refractivity contribution in [2.75, 3.05) is 4.72 Å². The molecule has 1 aromatic heterocycles. The van der Waals surface area contributed by atoms with Gasteiger partial charge in [-0.05, 0) is 46.3 Å². The molecule has 0 amide bonds. The zero-order valence-electron chi connectivity index (χ0n) is 9.26. The Kier molecular flexibility index (Phi) is 4.29. The second-order valence-corrected chi connectivity index (χ2v) is 8.22. The number of anilines is 1. The average Bonchev–Trinajstić information content (AvgIpc) is 2.71. The van der Waals surface area contributed by atoms with Crippen LogP contribution in [-0.4, -0.2) is 14.7 Å². The number of sulfonamides is 1. The second kappa shape index (κ2) is 5.62. The van der Waals surface area contributed by atoms with Crippen LogP contribution in [0.3, 0.4) is 0 Å². The minimum atomic E-state index is -3.67. The van der Waals surface area contributed by atoms with Crippen LogP contribution in [0, 0.1) is 0 Å². The van der Waals surface area contributed by atoms with Crippen LogP contribution in [0.1, 0.15) is 10.4 Å². The van der Waals surface area contributed by atoms with E-state index in [1.165, 1.54) is 30.3 Å². The molecule has 2 aromatic rings. The summed E-state index contributed by atoms with van der Waals surface area (Å²) in [5, 5.41) is 0.349. The molecule has 2 rings (SSSR count). The predicted octanol–water partition coefficient (Wildman–Crippen LogP) is 3.78. The molecular weight excluding hydrogens is 374 g/mol. The lowest BCUT2D eigenvalue weighted by Gasteiger charge is -2.05. The SMILES string of the molecule is O=Cc1ccc(NS(=O)(=O)c2cc(Cl)c(Br)s2)cc1. The maximum Gasteiger partial charge on any atom is 0.271 e. The highest BCUT2D eigenvalue weighted by molar-refractivity contribution is 9.11. The van der Waals surface area contributed by atoms with Gasteiger partial charge in [0.2, 0.25) is 0 Å². The van der Waals surface area contributed by atoms with Gasteiger partial charge in [0.05, 0.1) is 8.81 Å². The number of hydrogen-bond donors (Lipinski definition) is 1. The molecule has 1 aromatic carbocycles. The van der Waals surface area contributed by atoms with E-state index in [-0.39, 0.29) is 4.21 Å². The minimum Gasteiger partial charge on any atom is -0.298 e. The molecule has 0 bridgehead atoms. The first-order valence-corrected chi connectivity index (χ1v) is 8.42. The summed E-state index contributed by atoms with van der Waals surface area (Å²) in [5.74, 6) is 0. The fraction of sp³-hybridized carbons (Fsp3) is 0. The normalized spacial score (nSPS) is 11.3. The third kappa shape index (κ3) is 3.36. The summed E-state index contributed by atoms with van der Waals surface area (Å²) < 4.78 is 27.2. The molecule has 19 heavy (non-hydrogen) atoms. The standard InChI is InChI=1S/C11H7BrClNO3S2/c12-11-9(13)5-10(18-11)19(16,17)14-8-3-1-7(6-15)2-4-8/h1-6,14H. The van der Waals surface area contributed by atoms with Crippen LogP contribution in [0.4, 0.5) is 5.69 Å². The van der Waals surface area contributed by atoms with Gasteiger partial charge in [-0.25, -0.2) is 8.42 Å². The van der Waals surface area contributed by atoms with Gasteiger partial charge in [-0.15, -0.1) is 11.3 Å². The van der Waals surface area contributed by atoms with Gasteiger partial charge < -0.3 is 0 Å². The lowest BCUT2D eigenvalue weighted by molar-refractivity contribution is 0.112. The summed E-state index contributed by atoms with van der Waals surface area (Å²) in [6.07, 6.45) is 0.689. The Morgan fingerprint density at radius 3 is 2.37 bits per heavy atom. The molecule has 0 aliphatic rings. The Labute approximate surface area is 127 Å². The van der Waals surface area contributed by atoms with E-state index in [9.17, 15) is 13.2 Å². The van der Waals surface area contributed by atoms with Gasteiger partial charge in [-0.1, -0.05) is 11.6 Å². The van der Waals surface area contributed by atoms with Crippen molar-refractivity contribution >= 4 is 60.9 Å². The molecule has 1 heterocycles. The molecule has 0 aliphatic heterocycles. The topological polar surface area (TPSA) is 63.2 Å². The summed E-state index contributed by atoms with van der Waals surface area (Å²) in [6.45, 7) is 0. The van der Waals surface area contributed by atoms with E-state index in [1.54, 1.807) is 0 Å². The number of benzene rings is 1. The molecule has 0 atom stereocenters. The van der Waals surface area contributed by atoms with Crippen molar-refractivity contribution in [2.45, 2.75) is 4.21 Å². The number of rotatable bonds is 4. The van der Waals surface area contributed by atoms with Crippen LogP contribution in [0.5, 0.6) is 0 Å². The Balaban J connectivity index is 2.27. The molecule has 0 unspecified atom stereocenters. The van der Waals surface area contributed by atoms with Crippen LogP contribution in [0.25, 0.3) is 0 Å². The predicted molar refractivity (Wildman–Crippen MR) is 79.7 cm³/mol. The first-order chi connectivity index (χ1) is 8.92. The summed E-state index contributed by atoms with van der Waals surface area (Å²) in [7, 11) is -3.67. The highest BCUT2D eigenvalue weighted by Crippen LogP contribution is 2.35. The van der Waals surface area contributed by atoms with Gasteiger partial charge >= 0.3 is 0 Å². The van der Waals surface area contributed by atoms with E-state index in [1.807, 2.05) is 0 Å². The van der Waals surface area contributed by atoms with Gasteiger partial charge in [0.1, 0.15) is 10.5 Å². The maximum atomic E-state index is 12.1. The third-order valence-corrected chi connectivity index (χ3v) is 6.52. The molecule has 0 fully saturated rings. The smallest absolute Gasteiger partial charge is 0.271 e. The Morgan fingerprint density at radius 1 is 1.26 bits per heavy atom. The van der Waals surface area contributed by atoms with Crippen molar-refractivity contribution in [1.82, 2.24) is 0 Å². The molecular formula is C11H7BrClNO3S2. The summed E-state index contributed by atoms with van der Waals surface area (Å²) in [6, 6.07) is 7.47. The number of halogens is 2. The van der Waals surface area contributed by atoms with Gasteiger partial charge in [-0.2, -0.15) is 0 Å². The van der Waals surface area contributed by atoms with Crippen molar-refractivity contribution < 1.29 is 13.2 Å². The van der Waals surface area contributed by atoms with Crippen molar-refractivity contribution in [3.63, 3.8) is 0 Å². The minimum absolute atomic E-state index is 0.115. The molecule has 4 nitrogen and oxygen atoms in total. The van der Waals surface area contributed by atoms with Crippen molar-refractivity contribution in [1.29, 1.82) is 0 Å². The number of aldehydes is 1. The first-order valence-electron chi connectivity index (χ1n) is 4.95.